The Labute approximate surface area is 132 Å². The lowest BCUT2D eigenvalue weighted by Gasteiger charge is -2.26. The van der Waals surface area contributed by atoms with Crippen molar-refractivity contribution in [2.45, 2.75) is 56.9 Å². The van der Waals surface area contributed by atoms with Gasteiger partial charge < -0.3 is 5.32 Å². The van der Waals surface area contributed by atoms with Crippen LogP contribution < -0.4 is 5.32 Å². The molecule has 1 saturated carbocycles. The molecule has 0 spiro atoms. The van der Waals surface area contributed by atoms with E-state index in [2.05, 4.69) is 46.5 Å². The minimum atomic E-state index is 0.465. The molecular formula is C19H25N3. The number of rotatable bonds is 3. The fraction of sp³-hybridized carbons (Fsp3) is 0.526. The topological polar surface area (TPSA) is 29.9 Å². The van der Waals surface area contributed by atoms with Gasteiger partial charge in [0, 0.05) is 6.04 Å². The average molecular weight is 295 g/mol. The van der Waals surface area contributed by atoms with Crippen molar-refractivity contribution in [2.75, 3.05) is 6.54 Å². The highest BCUT2D eigenvalue weighted by molar-refractivity contribution is 5.38. The van der Waals surface area contributed by atoms with E-state index in [0.717, 1.165) is 12.5 Å². The van der Waals surface area contributed by atoms with Crippen LogP contribution in [-0.4, -0.2) is 16.3 Å². The Kier molecular flexibility index (Phi) is 3.98. The second-order valence-corrected chi connectivity index (χ2v) is 6.72. The zero-order valence-corrected chi connectivity index (χ0v) is 13.2. The Balaban J connectivity index is 1.77. The SMILES string of the molecule is c1ccc(-n2ncc(C3CCCC3)c2C2CCCCN2)cc1. The molecule has 2 aliphatic rings. The van der Waals surface area contributed by atoms with E-state index in [0.29, 0.717) is 6.04 Å². The maximum atomic E-state index is 4.78. The van der Waals surface area contributed by atoms with Gasteiger partial charge in [-0.25, -0.2) is 4.68 Å². The third kappa shape index (κ3) is 2.58. The van der Waals surface area contributed by atoms with Crippen LogP contribution in [0.15, 0.2) is 36.5 Å². The van der Waals surface area contributed by atoms with Gasteiger partial charge in [-0.1, -0.05) is 37.5 Å². The Morgan fingerprint density at radius 2 is 1.73 bits per heavy atom. The van der Waals surface area contributed by atoms with Gasteiger partial charge in [-0.15, -0.1) is 0 Å². The summed E-state index contributed by atoms with van der Waals surface area (Å²) in [5.41, 5.74) is 4.12. The van der Waals surface area contributed by atoms with E-state index in [1.54, 1.807) is 0 Å². The molecule has 1 aromatic carbocycles. The van der Waals surface area contributed by atoms with Crippen molar-refractivity contribution in [3.05, 3.63) is 47.8 Å². The average Bonchev–Trinajstić information content (AvgIpc) is 3.25. The molecule has 0 bridgehead atoms. The predicted molar refractivity (Wildman–Crippen MR) is 89.4 cm³/mol. The van der Waals surface area contributed by atoms with E-state index >= 15 is 0 Å². The highest BCUT2D eigenvalue weighted by Gasteiger charge is 2.28. The molecular weight excluding hydrogens is 270 g/mol. The molecule has 1 saturated heterocycles. The summed E-state index contributed by atoms with van der Waals surface area (Å²) in [6, 6.07) is 11.1. The van der Waals surface area contributed by atoms with Gasteiger partial charge in [-0.05, 0) is 55.8 Å². The van der Waals surface area contributed by atoms with Crippen LogP contribution in [0.4, 0.5) is 0 Å². The number of hydrogen-bond donors (Lipinski definition) is 1. The number of nitrogens with zero attached hydrogens (tertiary/aromatic N) is 2. The maximum absolute atomic E-state index is 4.78. The first-order valence-electron chi connectivity index (χ1n) is 8.80. The minimum absolute atomic E-state index is 0.465. The molecule has 0 radical (unpaired) electrons. The second kappa shape index (κ2) is 6.25. The lowest BCUT2D eigenvalue weighted by molar-refractivity contribution is 0.395. The van der Waals surface area contributed by atoms with Crippen LogP contribution in [-0.2, 0) is 0 Å². The third-order valence-electron chi connectivity index (χ3n) is 5.27. The molecule has 4 rings (SSSR count). The molecule has 1 unspecified atom stereocenters. The van der Waals surface area contributed by atoms with Crippen LogP contribution in [0.5, 0.6) is 0 Å². The van der Waals surface area contributed by atoms with Gasteiger partial charge in [0.2, 0.25) is 0 Å². The van der Waals surface area contributed by atoms with Gasteiger partial charge in [0.15, 0.2) is 0 Å². The molecule has 1 aliphatic heterocycles. The maximum Gasteiger partial charge on any atom is 0.0649 e. The summed E-state index contributed by atoms with van der Waals surface area (Å²) >= 11 is 0. The van der Waals surface area contributed by atoms with Crippen molar-refractivity contribution in [2.24, 2.45) is 0 Å². The summed E-state index contributed by atoms with van der Waals surface area (Å²) < 4.78 is 2.19. The lowest BCUT2D eigenvalue weighted by atomic mass is 9.92. The second-order valence-electron chi connectivity index (χ2n) is 6.72. The first-order chi connectivity index (χ1) is 10.9. The molecule has 2 fully saturated rings. The smallest absolute Gasteiger partial charge is 0.0649 e. The fourth-order valence-electron chi connectivity index (χ4n) is 4.13. The molecule has 116 valence electrons. The highest BCUT2D eigenvalue weighted by atomic mass is 15.3. The summed E-state index contributed by atoms with van der Waals surface area (Å²) in [5, 5.41) is 8.52. The fourth-order valence-corrected chi connectivity index (χ4v) is 4.13. The van der Waals surface area contributed by atoms with Gasteiger partial charge >= 0.3 is 0 Å². The van der Waals surface area contributed by atoms with Gasteiger partial charge in [0.25, 0.3) is 0 Å². The van der Waals surface area contributed by atoms with E-state index in [-0.39, 0.29) is 0 Å². The monoisotopic (exact) mass is 295 g/mol. The lowest BCUT2D eigenvalue weighted by Crippen LogP contribution is -2.29. The summed E-state index contributed by atoms with van der Waals surface area (Å²) in [6.45, 7) is 1.13. The van der Waals surface area contributed by atoms with Crippen LogP contribution in [0, 0.1) is 0 Å². The van der Waals surface area contributed by atoms with Crippen molar-refractivity contribution in [3.8, 4) is 5.69 Å². The van der Waals surface area contributed by atoms with E-state index in [1.165, 1.54) is 61.9 Å². The van der Waals surface area contributed by atoms with Gasteiger partial charge in [0.1, 0.15) is 0 Å². The van der Waals surface area contributed by atoms with E-state index in [1.807, 2.05) is 0 Å². The van der Waals surface area contributed by atoms with Crippen molar-refractivity contribution in [1.29, 1.82) is 0 Å². The zero-order valence-electron chi connectivity index (χ0n) is 13.2. The first-order valence-corrected chi connectivity index (χ1v) is 8.80. The molecule has 3 nitrogen and oxygen atoms in total. The van der Waals surface area contributed by atoms with Crippen molar-refractivity contribution in [1.82, 2.24) is 15.1 Å². The zero-order chi connectivity index (χ0) is 14.8. The summed E-state index contributed by atoms with van der Waals surface area (Å²) in [7, 11) is 0. The van der Waals surface area contributed by atoms with Crippen molar-refractivity contribution >= 4 is 0 Å². The van der Waals surface area contributed by atoms with Crippen LogP contribution in [0.25, 0.3) is 5.69 Å². The Morgan fingerprint density at radius 1 is 0.955 bits per heavy atom. The normalized spacial score (nSPS) is 23.0. The first kappa shape index (κ1) is 14.0. The Hall–Kier alpha value is -1.61. The Morgan fingerprint density at radius 3 is 2.45 bits per heavy atom. The molecule has 1 aliphatic carbocycles. The van der Waals surface area contributed by atoms with Crippen LogP contribution >= 0.6 is 0 Å². The van der Waals surface area contributed by atoms with Crippen molar-refractivity contribution in [3.63, 3.8) is 0 Å². The third-order valence-corrected chi connectivity index (χ3v) is 5.27. The van der Waals surface area contributed by atoms with Crippen LogP contribution in [0.3, 0.4) is 0 Å². The molecule has 22 heavy (non-hydrogen) atoms. The summed E-state index contributed by atoms with van der Waals surface area (Å²) in [4.78, 5) is 0. The summed E-state index contributed by atoms with van der Waals surface area (Å²) in [6.07, 6.45) is 11.4. The van der Waals surface area contributed by atoms with Gasteiger partial charge in [-0.3, -0.25) is 0 Å². The molecule has 1 aromatic heterocycles. The molecule has 3 heteroatoms. The van der Waals surface area contributed by atoms with Gasteiger partial charge in [0.05, 0.1) is 17.6 Å². The Bertz CT molecular complexity index is 605. The van der Waals surface area contributed by atoms with Crippen LogP contribution in [0.2, 0.25) is 0 Å². The number of para-hydroxylation sites is 1. The number of hydrogen-bond acceptors (Lipinski definition) is 2. The number of piperidine rings is 1. The molecule has 1 atom stereocenters. The minimum Gasteiger partial charge on any atom is -0.309 e. The highest BCUT2D eigenvalue weighted by Crippen LogP contribution is 2.39. The molecule has 2 aromatic rings. The van der Waals surface area contributed by atoms with Crippen molar-refractivity contribution < 1.29 is 0 Å². The molecule has 2 heterocycles. The largest absolute Gasteiger partial charge is 0.309 e. The molecule has 1 N–H and O–H groups in total. The van der Waals surface area contributed by atoms with E-state index in [4.69, 9.17) is 5.10 Å². The number of aromatic nitrogens is 2. The van der Waals surface area contributed by atoms with E-state index in [9.17, 15) is 0 Å². The van der Waals surface area contributed by atoms with E-state index < -0.39 is 0 Å². The summed E-state index contributed by atoms with van der Waals surface area (Å²) in [5.74, 6) is 0.719. The van der Waals surface area contributed by atoms with Gasteiger partial charge in [-0.2, -0.15) is 5.10 Å². The molecule has 0 amide bonds. The quantitative estimate of drug-likeness (QED) is 0.912. The van der Waals surface area contributed by atoms with Crippen LogP contribution in [0.1, 0.15) is 68.2 Å². The number of benzene rings is 1. The predicted octanol–water partition coefficient (Wildman–Crippen LogP) is 4.34. The number of nitrogens with one attached hydrogen (secondary N) is 1. The standard InChI is InChI=1S/C19H25N3/c1-2-10-16(11-3-1)22-19(18-12-6-7-13-20-18)17(14-21-22)15-8-4-5-9-15/h1-3,10-11,14-15,18,20H,4-9,12-13H2.